The van der Waals surface area contributed by atoms with Crippen molar-refractivity contribution in [2.45, 2.75) is 32.1 Å². The van der Waals surface area contributed by atoms with Crippen LogP contribution >= 0.6 is 0 Å². The third kappa shape index (κ3) is 3.11. The van der Waals surface area contributed by atoms with Crippen LogP contribution in [-0.2, 0) is 4.79 Å². The molecule has 0 unspecified atom stereocenters. The lowest BCUT2D eigenvalue weighted by molar-refractivity contribution is -0.132. The second-order valence-electron chi connectivity index (χ2n) is 5.91. The van der Waals surface area contributed by atoms with Gasteiger partial charge in [0, 0.05) is 38.8 Å². The standard InChI is InChI=1S/C16H23N3O/c20-16(13-14-5-1-2-6-14)19-11-9-18(10-12-19)15-7-3-4-8-17-15/h3-4,7-8,14H,1-2,5-6,9-13H2. The van der Waals surface area contributed by atoms with Crippen LogP contribution in [0.2, 0.25) is 0 Å². The largest absolute Gasteiger partial charge is 0.353 e. The van der Waals surface area contributed by atoms with Crippen LogP contribution in [0.1, 0.15) is 32.1 Å². The van der Waals surface area contributed by atoms with Crippen molar-refractivity contribution in [1.82, 2.24) is 9.88 Å². The molecule has 2 aliphatic rings. The smallest absolute Gasteiger partial charge is 0.222 e. The Balaban J connectivity index is 1.49. The van der Waals surface area contributed by atoms with Crippen molar-refractivity contribution in [2.75, 3.05) is 31.1 Å². The second-order valence-corrected chi connectivity index (χ2v) is 5.91. The number of hydrogen-bond acceptors (Lipinski definition) is 3. The number of pyridine rings is 1. The summed E-state index contributed by atoms with van der Waals surface area (Å²) in [6, 6.07) is 5.99. The fourth-order valence-corrected chi connectivity index (χ4v) is 3.32. The van der Waals surface area contributed by atoms with E-state index >= 15 is 0 Å². The van der Waals surface area contributed by atoms with E-state index in [1.54, 1.807) is 0 Å². The van der Waals surface area contributed by atoms with Crippen LogP contribution in [0.3, 0.4) is 0 Å². The van der Waals surface area contributed by atoms with Gasteiger partial charge in [0.25, 0.3) is 0 Å². The zero-order valence-corrected chi connectivity index (χ0v) is 12.0. The number of anilines is 1. The first-order valence-corrected chi connectivity index (χ1v) is 7.77. The maximum atomic E-state index is 12.3. The first kappa shape index (κ1) is 13.4. The predicted molar refractivity (Wildman–Crippen MR) is 79.6 cm³/mol. The molecule has 1 aromatic heterocycles. The highest BCUT2D eigenvalue weighted by Crippen LogP contribution is 2.28. The van der Waals surface area contributed by atoms with Crippen molar-refractivity contribution in [2.24, 2.45) is 5.92 Å². The average molecular weight is 273 g/mol. The van der Waals surface area contributed by atoms with E-state index in [2.05, 4.69) is 9.88 Å². The summed E-state index contributed by atoms with van der Waals surface area (Å²) < 4.78 is 0. The summed E-state index contributed by atoms with van der Waals surface area (Å²) in [5.41, 5.74) is 0. The number of carbonyl (C=O) groups excluding carboxylic acids is 1. The molecule has 0 spiro atoms. The number of hydrogen-bond donors (Lipinski definition) is 0. The zero-order chi connectivity index (χ0) is 13.8. The second kappa shape index (κ2) is 6.25. The summed E-state index contributed by atoms with van der Waals surface area (Å²) in [7, 11) is 0. The molecule has 0 N–H and O–H groups in total. The van der Waals surface area contributed by atoms with E-state index in [-0.39, 0.29) is 0 Å². The number of piperazine rings is 1. The van der Waals surface area contributed by atoms with Gasteiger partial charge in [-0.1, -0.05) is 18.9 Å². The van der Waals surface area contributed by atoms with E-state index in [0.717, 1.165) is 38.4 Å². The van der Waals surface area contributed by atoms with Gasteiger partial charge < -0.3 is 9.80 Å². The zero-order valence-electron chi connectivity index (χ0n) is 12.0. The van der Waals surface area contributed by atoms with E-state index in [4.69, 9.17) is 0 Å². The molecule has 2 fully saturated rings. The summed E-state index contributed by atoms with van der Waals surface area (Å²) >= 11 is 0. The normalized spacial score (nSPS) is 20.4. The lowest BCUT2D eigenvalue weighted by atomic mass is 10.0. The van der Waals surface area contributed by atoms with Crippen LogP contribution in [0, 0.1) is 5.92 Å². The molecule has 1 aromatic rings. The van der Waals surface area contributed by atoms with Crippen molar-refractivity contribution in [3.05, 3.63) is 24.4 Å². The molecule has 0 bridgehead atoms. The van der Waals surface area contributed by atoms with Gasteiger partial charge in [0.15, 0.2) is 0 Å². The molecule has 108 valence electrons. The number of rotatable bonds is 3. The SMILES string of the molecule is O=C(CC1CCCC1)N1CCN(c2ccccn2)CC1. The predicted octanol–water partition coefficient (Wildman–Crippen LogP) is 2.31. The molecule has 1 saturated carbocycles. The summed E-state index contributed by atoms with van der Waals surface area (Å²) in [4.78, 5) is 21.0. The number of amides is 1. The highest BCUT2D eigenvalue weighted by Gasteiger charge is 2.25. The third-order valence-electron chi connectivity index (χ3n) is 4.54. The first-order valence-electron chi connectivity index (χ1n) is 7.77. The van der Waals surface area contributed by atoms with Crippen LogP contribution in [0.25, 0.3) is 0 Å². The summed E-state index contributed by atoms with van der Waals surface area (Å²) in [5.74, 6) is 2.03. The fourth-order valence-electron chi connectivity index (χ4n) is 3.32. The maximum absolute atomic E-state index is 12.3. The summed E-state index contributed by atoms with van der Waals surface area (Å²) in [6.45, 7) is 3.46. The molecule has 4 heteroatoms. The molecule has 0 atom stereocenters. The molecule has 1 aliphatic carbocycles. The third-order valence-corrected chi connectivity index (χ3v) is 4.54. The van der Waals surface area contributed by atoms with Crippen LogP contribution in [0.15, 0.2) is 24.4 Å². The molecule has 0 aromatic carbocycles. The van der Waals surface area contributed by atoms with Crippen LogP contribution < -0.4 is 4.90 Å². The van der Waals surface area contributed by atoms with Gasteiger partial charge in [-0.05, 0) is 30.9 Å². The van der Waals surface area contributed by atoms with Gasteiger partial charge in [-0.25, -0.2) is 4.98 Å². The topological polar surface area (TPSA) is 36.4 Å². The van der Waals surface area contributed by atoms with Crippen LogP contribution in [0.4, 0.5) is 5.82 Å². The lowest BCUT2D eigenvalue weighted by Gasteiger charge is -2.35. The van der Waals surface area contributed by atoms with E-state index in [1.165, 1.54) is 25.7 Å². The Labute approximate surface area is 120 Å². The van der Waals surface area contributed by atoms with Gasteiger partial charge in [0.2, 0.25) is 5.91 Å². The monoisotopic (exact) mass is 273 g/mol. The average Bonchev–Trinajstić information content (AvgIpc) is 3.01. The van der Waals surface area contributed by atoms with Gasteiger partial charge in [0.1, 0.15) is 5.82 Å². The number of carbonyl (C=O) groups is 1. The Morgan fingerprint density at radius 1 is 1.15 bits per heavy atom. The van der Waals surface area contributed by atoms with Crippen molar-refractivity contribution in [3.63, 3.8) is 0 Å². The highest BCUT2D eigenvalue weighted by molar-refractivity contribution is 5.76. The van der Waals surface area contributed by atoms with Gasteiger partial charge in [0.05, 0.1) is 0 Å². The summed E-state index contributed by atoms with van der Waals surface area (Å²) in [5, 5.41) is 0. The van der Waals surface area contributed by atoms with Crippen molar-refractivity contribution >= 4 is 11.7 Å². The Kier molecular flexibility index (Phi) is 4.19. The number of aromatic nitrogens is 1. The van der Waals surface area contributed by atoms with Gasteiger partial charge in [-0.15, -0.1) is 0 Å². The molecular formula is C16H23N3O. The molecular weight excluding hydrogens is 250 g/mol. The minimum atomic E-state index is 0.359. The van der Waals surface area contributed by atoms with Gasteiger partial charge in [-0.3, -0.25) is 4.79 Å². The number of nitrogens with zero attached hydrogens (tertiary/aromatic N) is 3. The molecule has 4 nitrogen and oxygen atoms in total. The quantitative estimate of drug-likeness (QED) is 0.848. The molecule has 3 rings (SSSR count). The van der Waals surface area contributed by atoms with E-state index in [9.17, 15) is 4.79 Å². The molecule has 20 heavy (non-hydrogen) atoms. The molecule has 1 saturated heterocycles. The fraction of sp³-hybridized carbons (Fsp3) is 0.625. The summed E-state index contributed by atoms with van der Waals surface area (Å²) in [6.07, 6.45) is 7.71. The van der Waals surface area contributed by atoms with E-state index < -0.39 is 0 Å². The highest BCUT2D eigenvalue weighted by atomic mass is 16.2. The Morgan fingerprint density at radius 3 is 2.55 bits per heavy atom. The van der Waals surface area contributed by atoms with Crippen LogP contribution in [0.5, 0.6) is 0 Å². The Hall–Kier alpha value is -1.58. The van der Waals surface area contributed by atoms with E-state index in [1.807, 2.05) is 29.3 Å². The van der Waals surface area contributed by atoms with Crippen molar-refractivity contribution in [1.29, 1.82) is 0 Å². The van der Waals surface area contributed by atoms with Crippen LogP contribution in [-0.4, -0.2) is 42.0 Å². The minimum Gasteiger partial charge on any atom is -0.353 e. The van der Waals surface area contributed by atoms with Gasteiger partial charge in [-0.2, -0.15) is 0 Å². The first-order chi connectivity index (χ1) is 9.83. The molecule has 2 heterocycles. The van der Waals surface area contributed by atoms with Crippen molar-refractivity contribution < 1.29 is 4.79 Å². The Bertz CT molecular complexity index is 434. The van der Waals surface area contributed by atoms with Crippen molar-refractivity contribution in [3.8, 4) is 0 Å². The molecule has 1 amide bonds. The Morgan fingerprint density at radius 2 is 1.90 bits per heavy atom. The van der Waals surface area contributed by atoms with E-state index in [0.29, 0.717) is 11.8 Å². The lowest BCUT2D eigenvalue weighted by Crippen LogP contribution is -2.49. The minimum absolute atomic E-state index is 0.359. The molecule has 1 aliphatic heterocycles. The van der Waals surface area contributed by atoms with Gasteiger partial charge >= 0.3 is 0 Å². The molecule has 0 radical (unpaired) electrons. The maximum Gasteiger partial charge on any atom is 0.222 e.